The van der Waals surface area contributed by atoms with Gasteiger partial charge in [0.15, 0.2) is 0 Å². The molecule has 31 heavy (non-hydrogen) atoms. The standard InChI is InChI=1S/C22H29N3O5Si/c1-28-17-7-6-8-18(29-2)20(17)16-13-25(14-30-11-12-31(3,4)5)21-15(16)9-10-19(23-21)24-22(26)27/h6-10,13H,11-12,14H2,1-5H3,(H,23,24)(H,26,27). The van der Waals surface area contributed by atoms with E-state index in [2.05, 4.69) is 29.9 Å². The van der Waals surface area contributed by atoms with E-state index in [1.807, 2.05) is 35.0 Å². The Hall–Kier alpha value is -3.04. The molecule has 1 aromatic carbocycles. The highest BCUT2D eigenvalue weighted by Gasteiger charge is 2.20. The number of carbonyl (C=O) groups is 1. The molecule has 2 heterocycles. The minimum absolute atomic E-state index is 0.250. The van der Waals surface area contributed by atoms with Crippen LogP contribution in [0.25, 0.3) is 22.2 Å². The van der Waals surface area contributed by atoms with E-state index in [1.165, 1.54) is 0 Å². The maximum atomic E-state index is 11.1. The van der Waals surface area contributed by atoms with E-state index < -0.39 is 14.2 Å². The predicted molar refractivity (Wildman–Crippen MR) is 124 cm³/mol. The summed E-state index contributed by atoms with van der Waals surface area (Å²) in [5.74, 6) is 1.59. The van der Waals surface area contributed by atoms with E-state index in [9.17, 15) is 4.79 Å². The molecule has 8 nitrogen and oxygen atoms in total. The first kappa shape index (κ1) is 22.6. The van der Waals surface area contributed by atoms with Gasteiger partial charge in [0.05, 0.1) is 19.8 Å². The third kappa shape index (κ3) is 5.36. The van der Waals surface area contributed by atoms with E-state index >= 15 is 0 Å². The van der Waals surface area contributed by atoms with Gasteiger partial charge in [-0.1, -0.05) is 25.7 Å². The fraction of sp³-hybridized carbons (Fsp3) is 0.364. The smallest absolute Gasteiger partial charge is 0.410 e. The average Bonchev–Trinajstić information content (AvgIpc) is 3.06. The number of aromatic nitrogens is 2. The van der Waals surface area contributed by atoms with Crippen LogP contribution in [0.15, 0.2) is 36.5 Å². The number of nitrogens with one attached hydrogen (secondary N) is 1. The summed E-state index contributed by atoms with van der Waals surface area (Å²) < 4.78 is 19.0. The summed E-state index contributed by atoms with van der Waals surface area (Å²) in [4.78, 5) is 15.6. The van der Waals surface area contributed by atoms with Crippen LogP contribution in [-0.4, -0.2) is 49.7 Å². The van der Waals surface area contributed by atoms with Gasteiger partial charge >= 0.3 is 6.09 Å². The Balaban J connectivity index is 2.08. The second kappa shape index (κ2) is 9.40. The number of fused-ring (bicyclic) bond motifs is 1. The summed E-state index contributed by atoms with van der Waals surface area (Å²) in [6.45, 7) is 7.88. The molecule has 0 spiro atoms. The van der Waals surface area contributed by atoms with Gasteiger partial charge < -0.3 is 23.9 Å². The molecule has 1 amide bonds. The molecule has 0 aliphatic rings. The van der Waals surface area contributed by atoms with Crippen molar-refractivity contribution in [2.45, 2.75) is 32.4 Å². The van der Waals surface area contributed by atoms with Crippen molar-refractivity contribution in [2.75, 3.05) is 26.1 Å². The molecule has 0 aliphatic carbocycles. The summed E-state index contributed by atoms with van der Waals surface area (Å²) in [5.41, 5.74) is 2.29. The molecule has 0 aliphatic heterocycles. The first-order valence-electron chi connectivity index (χ1n) is 10.0. The van der Waals surface area contributed by atoms with Crippen molar-refractivity contribution in [3.05, 3.63) is 36.5 Å². The van der Waals surface area contributed by atoms with Crippen molar-refractivity contribution in [3.63, 3.8) is 0 Å². The van der Waals surface area contributed by atoms with Crippen LogP contribution in [0.5, 0.6) is 11.5 Å². The number of hydrogen-bond donors (Lipinski definition) is 2. The summed E-state index contributed by atoms with van der Waals surface area (Å²) in [5, 5.41) is 12.2. The highest BCUT2D eigenvalue weighted by molar-refractivity contribution is 6.76. The highest BCUT2D eigenvalue weighted by Crippen LogP contribution is 2.42. The van der Waals surface area contributed by atoms with Gasteiger partial charge in [-0.2, -0.15) is 0 Å². The zero-order valence-electron chi connectivity index (χ0n) is 18.6. The number of anilines is 1. The molecule has 166 valence electrons. The summed E-state index contributed by atoms with van der Waals surface area (Å²) in [6.07, 6.45) is 0.778. The minimum atomic E-state index is -1.21. The van der Waals surface area contributed by atoms with Gasteiger partial charge in [0.1, 0.15) is 29.7 Å². The highest BCUT2D eigenvalue weighted by atomic mass is 28.3. The van der Waals surface area contributed by atoms with Crippen molar-refractivity contribution in [1.82, 2.24) is 9.55 Å². The number of amides is 1. The Morgan fingerprint density at radius 2 is 1.81 bits per heavy atom. The number of benzene rings is 1. The monoisotopic (exact) mass is 443 g/mol. The van der Waals surface area contributed by atoms with Gasteiger partial charge in [-0.15, -0.1) is 0 Å². The Morgan fingerprint density at radius 3 is 2.39 bits per heavy atom. The Bertz CT molecular complexity index is 1050. The van der Waals surface area contributed by atoms with Gasteiger partial charge in [0.2, 0.25) is 0 Å². The molecule has 0 saturated carbocycles. The Morgan fingerprint density at radius 1 is 1.13 bits per heavy atom. The lowest BCUT2D eigenvalue weighted by Gasteiger charge is -2.15. The molecule has 2 aromatic heterocycles. The van der Waals surface area contributed by atoms with Crippen LogP contribution in [0.3, 0.4) is 0 Å². The summed E-state index contributed by atoms with van der Waals surface area (Å²) >= 11 is 0. The lowest BCUT2D eigenvalue weighted by Crippen LogP contribution is -2.22. The second-order valence-corrected chi connectivity index (χ2v) is 14.0. The summed E-state index contributed by atoms with van der Waals surface area (Å²) in [6, 6.07) is 10.1. The van der Waals surface area contributed by atoms with Crippen LogP contribution in [-0.2, 0) is 11.5 Å². The molecule has 0 fully saturated rings. The van der Waals surface area contributed by atoms with E-state index in [0.717, 1.165) is 22.6 Å². The zero-order valence-corrected chi connectivity index (χ0v) is 19.6. The fourth-order valence-electron chi connectivity index (χ4n) is 3.30. The third-order valence-corrected chi connectivity index (χ3v) is 6.59. The third-order valence-electron chi connectivity index (χ3n) is 4.88. The number of carboxylic acid groups (broad SMARTS) is 1. The second-order valence-electron chi connectivity index (χ2n) is 8.40. The topological polar surface area (TPSA) is 94.8 Å². The van der Waals surface area contributed by atoms with E-state index in [-0.39, 0.29) is 5.82 Å². The molecule has 3 rings (SSSR count). The van der Waals surface area contributed by atoms with Crippen molar-refractivity contribution >= 4 is 31.0 Å². The number of pyridine rings is 1. The van der Waals surface area contributed by atoms with Crippen molar-refractivity contribution in [2.24, 2.45) is 0 Å². The zero-order chi connectivity index (χ0) is 22.6. The van der Waals surface area contributed by atoms with Crippen LogP contribution in [0, 0.1) is 0 Å². The average molecular weight is 444 g/mol. The molecule has 9 heteroatoms. The van der Waals surface area contributed by atoms with E-state index in [0.29, 0.717) is 30.5 Å². The molecule has 2 N–H and O–H groups in total. The van der Waals surface area contributed by atoms with Gasteiger partial charge in [-0.3, -0.25) is 5.32 Å². The lowest BCUT2D eigenvalue weighted by atomic mass is 10.0. The molecule has 0 atom stereocenters. The minimum Gasteiger partial charge on any atom is -0.496 e. The number of nitrogens with zero attached hydrogens (tertiary/aromatic N) is 2. The maximum Gasteiger partial charge on any atom is 0.410 e. The predicted octanol–water partition coefficient (Wildman–Crippen LogP) is 5.12. The largest absolute Gasteiger partial charge is 0.496 e. The number of hydrogen-bond acceptors (Lipinski definition) is 5. The maximum absolute atomic E-state index is 11.1. The fourth-order valence-corrected chi connectivity index (χ4v) is 4.06. The molecule has 0 unspecified atom stereocenters. The van der Waals surface area contributed by atoms with Crippen LogP contribution in [0.1, 0.15) is 0 Å². The van der Waals surface area contributed by atoms with Crippen LogP contribution < -0.4 is 14.8 Å². The first-order chi connectivity index (χ1) is 14.7. The molecule has 3 aromatic rings. The molecule has 0 radical (unpaired) electrons. The van der Waals surface area contributed by atoms with Gasteiger partial charge in [0, 0.05) is 31.8 Å². The molecule has 0 saturated heterocycles. The number of ether oxygens (including phenoxy) is 3. The van der Waals surface area contributed by atoms with Crippen molar-refractivity contribution in [3.8, 4) is 22.6 Å². The van der Waals surface area contributed by atoms with Crippen molar-refractivity contribution < 1.29 is 24.1 Å². The Kier molecular flexibility index (Phi) is 6.86. The van der Waals surface area contributed by atoms with Gasteiger partial charge in [0.25, 0.3) is 0 Å². The number of methoxy groups -OCH3 is 2. The van der Waals surface area contributed by atoms with Crippen LogP contribution >= 0.6 is 0 Å². The van der Waals surface area contributed by atoms with Gasteiger partial charge in [-0.25, -0.2) is 9.78 Å². The van der Waals surface area contributed by atoms with Crippen molar-refractivity contribution in [1.29, 1.82) is 0 Å². The van der Waals surface area contributed by atoms with Crippen LogP contribution in [0.4, 0.5) is 10.6 Å². The lowest BCUT2D eigenvalue weighted by molar-refractivity contribution is 0.0899. The molecule has 0 bridgehead atoms. The number of rotatable bonds is 9. The molecular weight excluding hydrogens is 414 g/mol. The Labute approximate surface area is 182 Å². The normalized spacial score (nSPS) is 11.5. The van der Waals surface area contributed by atoms with E-state index in [4.69, 9.17) is 19.3 Å². The first-order valence-corrected chi connectivity index (χ1v) is 13.7. The SMILES string of the molecule is COc1cccc(OC)c1-c1cn(COCC[Si](C)(C)C)c2nc(NC(=O)O)ccc12. The quantitative estimate of drug-likeness (QED) is 0.352. The van der Waals surface area contributed by atoms with Crippen LogP contribution in [0.2, 0.25) is 25.7 Å². The summed E-state index contributed by atoms with van der Waals surface area (Å²) in [7, 11) is 2.02. The van der Waals surface area contributed by atoms with Gasteiger partial charge in [-0.05, 0) is 30.3 Å². The van der Waals surface area contributed by atoms with E-state index in [1.54, 1.807) is 20.3 Å². The molecular formula is C22H29N3O5Si.